The molecule has 3 amide bonds. The van der Waals surface area contributed by atoms with Gasteiger partial charge in [-0.2, -0.15) is 0 Å². The summed E-state index contributed by atoms with van der Waals surface area (Å²) >= 11 is 0. The van der Waals surface area contributed by atoms with Crippen LogP contribution in [0.2, 0.25) is 0 Å². The Morgan fingerprint density at radius 2 is 1.70 bits per heavy atom. The van der Waals surface area contributed by atoms with Gasteiger partial charge in [0.2, 0.25) is 0 Å². The van der Waals surface area contributed by atoms with Gasteiger partial charge in [0, 0.05) is 13.6 Å². The van der Waals surface area contributed by atoms with Gasteiger partial charge in [-0.15, -0.1) is 12.4 Å². The molecule has 0 saturated carbocycles. The average molecular weight is 346 g/mol. The zero-order valence-corrected chi connectivity index (χ0v) is 15.3. The third-order valence-electron chi connectivity index (χ3n) is 2.54. The third kappa shape index (κ3) is 9.76. The van der Waals surface area contributed by atoms with E-state index in [4.69, 9.17) is 4.74 Å². The second-order valence-electron chi connectivity index (χ2n) is 5.42. The first-order chi connectivity index (χ1) is 10.3. The second-order valence-corrected chi connectivity index (χ2v) is 5.42. The lowest BCUT2D eigenvalue weighted by molar-refractivity contribution is 0.0324. The summed E-state index contributed by atoms with van der Waals surface area (Å²) in [6.07, 6.45) is -0.0409. The van der Waals surface area contributed by atoms with Crippen LogP contribution in [0.25, 0.3) is 0 Å². The second kappa shape index (κ2) is 11.7. The van der Waals surface area contributed by atoms with E-state index in [0.29, 0.717) is 6.42 Å². The monoisotopic (exact) mass is 345 g/mol. The molecular formula is C16H28ClN3O3. The summed E-state index contributed by atoms with van der Waals surface area (Å²) in [5.74, 6) is 0. The van der Waals surface area contributed by atoms with Crippen molar-refractivity contribution >= 4 is 24.5 Å². The molecule has 7 heteroatoms. The van der Waals surface area contributed by atoms with Gasteiger partial charge in [-0.05, 0) is 39.8 Å². The summed E-state index contributed by atoms with van der Waals surface area (Å²) in [4.78, 5) is 24.9. The number of carbonyl (C=O) groups excluding carboxylic acids is 2. The van der Waals surface area contributed by atoms with Crippen molar-refractivity contribution in [2.75, 3.05) is 20.6 Å². The van der Waals surface area contributed by atoms with Crippen molar-refractivity contribution < 1.29 is 14.3 Å². The first kappa shape index (κ1) is 23.5. The van der Waals surface area contributed by atoms with E-state index >= 15 is 0 Å². The average Bonchev–Trinajstić information content (AvgIpc) is 2.48. The normalized spacial score (nSPS) is 9.65. The number of imide groups is 1. The van der Waals surface area contributed by atoms with Crippen LogP contribution in [0.3, 0.4) is 0 Å². The number of halogens is 1. The molecule has 132 valence electrons. The van der Waals surface area contributed by atoms with Crippen LogP contribution in [0, 0.1) is 0 Å². The van der Waals surface area contributed by atoms with E-state index in [1.54, 1.807) is 20.8 Å². The van der Waals surface area contributed by atoms with Crippen LogP contribution in [0.5, 0.6) is 0 Å². The quantitative estimate of drug-likeness (QED) is 0.882. The standard InChI is InChI=1S/C15H22N2O3.CH5N.ClH/c1-15(2,3)20-14(19)17(13(18)16-4)11-10-12-8-6-5-7-9-12;1-2;/h5-9H,10-11H2,1-4H3,(H,16,18);2H2,1H3;1H. The number of hydrogen-bond acceptors (Lipinski definition) is 4. The molecule has 0 radical (unpaired) electrons. The number of nitrogens with two attached hydrogens (primary N) is 1. The highest BCUT2D eigenvalue weighted by molar-refractivity contribution is 5.90. The molecule has 0 fully saturated rings. The van der Waals surface area contributed by atoms with Crippen molar-refractivity contribution in [3.8, 4) is 0 Å². The SMILES string of the molecule is CN.CNC(=O)N(CCc1ccccc1)C(=O)OC(C)(C)C.Cl. The van der Waals surface area contributed by atoms with Gasteiger partial charge in [-0.1, -0.05) is 30.3 Å². The molecule has 0 aliphatic heterocycles. The van der Waals surface area contributed by atoms with Crippen molar-refractivity contribution in [1.29, 1.82) is 0 Å². The molecule has 0 spiro atoms. The van der Waals surface area contributed by atoms with Crippen LogP contribution >= 0.6 is 12.4 Å². The van der Waals surface area contributed by atoms with E-state index in [1.165, 1.54) is 14.1 Å². The number of nitrogens with one attached hydrogen (secondary N) is 1. The van der Waals surface area contributed by atoms with E-state index in [1.807, 2.05) is 30.3 Å². The number of benzene rings is 1. The Hall–Kier alpha value is -1.79. The van der Waals surface area contributed by atoms with E-state index in [2.05, 4.69) is 11.1 Å². The highest BCUT2D eigenvalue weighted by atomic mass is 35.5. The van der Waals surface area contributed by atoms with Crippen LogP contribution in [-0.4, -0.2) is 43.3 Å². The Morgan fingerprint density at radius 1 is 1.17 bits per heavy atom. The van der Waals surface area contributed by atoms with Crippen LogP contribution < -0.4 is 11.1 Å². The summed E-state index contributed by atoms with van der Waals surface area (Å²) in [5, 5.41) is 2.45. The van der Waals surface area contributed by atoms with E-state index in [0.717, 1.165) is 10.5 Å². The van der Waals surface area contributed by atoms with Crippen molar-refractivity contribution in [2.24, 2.45) is 5.73 Å². The summed E-state index contributed by atoms with van der Waals surface area (Å²) in [7, 11) is 2.99. The molecule has 0 aliphatic carbocycles. The molecule has 0 heterocycles. The van der Waals surface area contributed by atoms with Gasteiger partial charge in [-0.25, -0.2) is 14.5 Å². The largest absolute Gasteiger partial charge is 0.443 e. The smallest absolute Gasteiger partial charge is 0.418 e. The van der Waals surface area contributed by atoms with Gasteiger partial charge >= 0.3 is 12.1 Å². The summed E-state index contributed by atoms with van der Waals surface area (Å²) in [5.41, 5.74) is 4.93. The van der Waals surface area contributed by atoms with Gasteiger partial charge in [0.05, 0.1) is 0 Å². The van der Waals surface area contributed by atoms with Crippen molar-refractivity contribution in [3.63, 3.8) is 0 Å². The first-order valence-corrected chi connectivity index (χ1v) is 7.17. The minimum atomic E-state index is -0.632. The van der Waals surface area contributed by atoms with E-state index in [-0.39, 0.29) is 19.0 Å². The molecule has 6 nitrogen and oxygen atoms in total. The lowest BCUT2D eigenvalue weighted by atomic mass is 10.1. The lowest BCUT2D eigenvalue weighted by Gasteiger charge is -2.25. The van der Waals surface area contributed by atoms with Gasteiger partial charge in [-0.3, -0.25) is 0 Å². The fourth-order valence-corrected chi connectivity index (χ4v) is 1.61. The maximum atomic E-state index is 12.0. The minimum absolute atomic E-state index is 0. The van der Waals surface area contributed by atoms with Gasteiger partial charge in [0.15, 0.2) is 0 Å². The Kier molecular flexibility index (Phi) is 12.0. The van der Waals surface area contributed by atoms with Crippen molar-refractivity contribution in [3.05, 3.63) is 35.9 Å². The molecule has 1 rings (SSSR count). The molecule has 0 aliphatic rings. The third-order valence-corrected chi connectivity index (χ3v) is 2.54. The van der Waals surface area contributed by atoms with Crippen molar-refractivity contribution in [1.82, 2.24) is 10.2 Å². The molecule has 1 aromatic rings. The Balaban J connectivity index is 0. The summed E-state index contributed by atoms with van der Waals surface area (Å²) in [6.45, 7) is 5.58. The number of urea groups is 1. The van der Waals surface area contributed by atoms with Crippen molar-refractivity contribution in [2.45, 2.75) is 32.8 Å². The number of nitrogens with zero attached hydrogens (tertiary/aromatic N) is 1. The molecule has 0 bridgehead atoms. The van der Waals surface area contributed by atoms with E-state index in [9.17, 15) is 9.59 Å². The Morgan fingerprint density at radius 3 is 2.13 bits per heavy atom. The Bertz CT molecular complexity index is 461. The molecule has 1 aromatic carbocycles. The summed E-state index contributed by atoms with van der Waals surface area (Å²) < 4.78 is 5.24. The maximum Gasteiger partial charge on any atom is 0.418 e. The van der Waals surface area contributed by atoms with Crippen LogP contribution in [0.15, 0.2) is 30.3 Å². The lowest BCUT2D eigenvalue weighted by Crippen LogP contribution is -2.45. The molecular weight excluding hydrogens is 318 g/mol. The molecule has 3 N–H and O–H groups in total. The van der Waals surface area contributed by atoms with E-state index < -0.39 is 17.7 Å². The number of hydrogen-bond donors (Lipinski definition) is 2. The zero-order chi connectivity index (χ0) is 17.2. The number of ether oxygens (including phenoxy) is 1. The molecule has 0 aromatic heterocycles. The molecule has 0 unspecified atom stereocenters. The number of amides is 3. The number of carbonyl (C=O) groups is 2. The molecule has 0 saturated heterocycles. The fraction of sp³-hybridized carbons (Fsp3) is 0.500. The van der Waals surface area contributed by atoms with Crippen LogP contribution in [0.1, 0.15) is 26.3 Å². The predicted octanol–water partition coefficient (Wildman–Crippen LogP) is 2.80. The highest BCUT2D eigenvalue weighted by Crippen LogP contribution is 2.11. The Labute approximate surface area is 144 Å². The predicted molar refractivity (Wildman–Crippen MR) is 94.9 cm³/mol. The maximum absolute atomic E-state index is 12.0. The number of rotatable bonds is 3. The molecule has 0 atom stereocenters. The van der Waals surface area contributed by atoms with Gasteiger partial charge in [0.1, 0.15) is 5.60 Å². The zero-order valence-electron chi connectivity index (χ0n) is 14.5. The fourth-order valence-electron chi connectivity index (χ4n) is 1.61. The highest BCUT2D eigenvalue weighted by Gasteiger charge is 2.26. The minimum Gasteiger partial charge on any atom is -0.443 e. The van der Waals surface area contributed by atoms with Gasteiger partial charge < -0.3 is 15.8 Å². The van der Waals surface area contributed by atoms with Crippen LogP contribution in [-0.2, 0) is 11.2 Å². The summed E-state index contributed by atoms with van der Waals surface area (Å²) in [6, 6.07) is 9.22. The first-order valence-electron chi connectivity index (χ1n) is 7.17. The molecule has 23 heavy (non-hydrogen) atoms. The topological polar surface area (TPSA) is 84.7 Å². The van der Waals surface area contributed by atoms with Crippen LogP contribution in [0.4, 0.5) is 9.59 Å². The van der Waals surface area contributed by atoms with Gasteiger partial charge in [0.25, 0.3) is 0 Å².